The van der Waals surface area contributed by atoms with Gasteiger partial charge in [0.1, 0.15) is 18.1 Å². The van der Waals surface area contributed by atoms with Crippen molar-refractivity contribution >= 4 is 15.9 Å². The van der Waals surface area contributed by atoms with Gasteiger partial charge in [0.15, 0.2) is 0 Å². The Hall–Kier alpha value is -2.58. The zero-order valence-electron chi connectivity index (χ0n) is 18.5. The second-order valence-corrected chi connectivity index (χ2v) is 10.0. The topological polar surface area (TPSA) is 84.9 Å². The van der Waals surface area contributed by atoms with Crippen molar-refractivity contribution in [1.82, 2.24) is 9.62 Å². The zero-order chi connectivity index (χ0) is 22.8. The lowest BCUT2D eigenvalue weighted by Crippen LogP contribution is -2.42. The van der Waals surface area contributed by atoms with Crippen molar-refractivity contribution in [3.8, 4) is 11.5 Å². The highest BCUT2D eigenvalue weighted by molar-refractivity contribution is 7.88. The van der Waals surface area contributed by atoms with Crippen LogP contribution in [0, 0.1) is 5.92 Å². The molecule has 8 heteroatoms. The summed E-state index contributed by atoms with van der Waals surface area (Å²) in [6.45, 7) is 2.54. The first-order valence-electron chi connectivity index (χ1n) is 11.0. The lowest BCUT2D eigenvalue weighted by atomic mass is 9.97. The SMILES string of the molecule is CS(=O)(=O)N1CCC(C(=O)NCCCCOc2ccc(OCc3ccccc3)cc2)CC1. The number of sulfonamides is 1. The molecule has 7 nitrogen and oxygen atoms in total. The summed E-state index contributed by atoms with van der Waals surface area (Å²) in [6.07, 6.45) is 4.02. The molecule has 3 rings (SSSR count). The van der Waals surface area contributed by atoms with Crippen LogP contribution in [0.4, 0.5) is 0 Å². The van der Waals surface area contributed by atoms with Gasteiger partial charge >= 0.3 is 0 Å². The van der Waals surface area contributed by atoms with Crippen molar-refractivity contribution in [1.29, 1.82) is 0 Å². The quantitative estimate of drug-likeness (QED) is 0.521. The Bertz CT molecular complexity index is 940. The Morgan fingerprint density at radius 3 is 2.22 bits per heavy atom. The summed E-state index contributed by atoms with van der Waals surface area (Å²) >= 11 is 0. The third kappa shape index (κ3) is 7.84. The van der Waals surface area contributed by atoms with Gasteiger partial charge in [0.2, 0.25) is 15.9 Å². The summed E-state index contributed by atoms with van der Waals surface area (Å²) < 4.78 is 36.1. The Morgan fingerprint density at radius 1 is 0.969 bits per heavy atom. The van der Waals surface area contributed by atoms with E-state index in [0.29, 0.717) is 45.7 Å². The van der Waals surface area contributed by atoms with Crippen LogP contribution in [0.1, 0.15) is 31.2 Å². The predicted octanol–water partition coefficient (Wildman–Crippen LogP) is 3.21. The fourth-order valence-electron chi connectivity index (χ4n) is 3.60. The van der Waals surface area contributed by atoms with E-state index in [2.05, 4.69) is 5.32 Å². The largest absolute Gasteiger partial charge is 0.494 e. The van der Waals surface area contributed by atoms with E-state index >= 15 is 0 Å². The van der Waals surface area contributed by atoms with Gasteiger partial charge in [-0.15, -0.1) is 0 Å². The summed E-state index contributed by atoms with van der Waals surface area (Å²) in [5.41, 5.74) is 1.12. The molecule has 0 aromatic heterocycles. The Morgan fingerprint density at radius 2 is 1.59 bits per heavy atom. The molecule has 174 valence electrons. The van der Waals surface area contributed by atoms with Gasteiger partial charge in [0, 0.05) is 25.6 Å². The number of carbonyl (C=O) groups is 1. The highest BCUT2D eigenvalue weighted by Crippen LogP contribution is 2.20. The van der Waals surface area contributed by atoms with Crippen LogP contribution in [0.25, 0.3) is 0 Å². The summed E-state index contributed by atoms with van der Waals surface area (Å²) in [6, 6.07) is 17.6. The number of nitrogens with one attached hydrogen (secondary N) is 1. The minimum atomic E-state index is -3.16. The third-order valence-corrected chi connectivity index (χ3v) is 6.81. The number of piperidine rings is 1. The first-order valence-corrected chi connectivity index (χ1v) is 12.9. The normalized spacial score (nSPS) is 15.3. The van der Waals surface area contributed by atoms with Gasteiger partial charge in [-0.3, -0.25) is 4.79 Å². The number of nitrogens with zero attached hydrogens (tertiary/aromatic N) is 1. The van der Waals surface area contributed by atoms with Gasteiger partial charge in [-0.2, -0.15) is 0 Å². The van der Waals surface area contributed by atoms with Crippen LogP contribution < -0.4 is 14.8 Å². The maximum atomic E-state index is 12.3. The maximum Gasteiger partial charge on any atom is 0.223 e. The van der Waals surface area contributed by atoms with E-state index < -0.39 is 10.0 Å². The van der Waals surface area contributed by atoms with Gasteiger partial charge < -0.3 is 14.8 Å². The lowest BCUT2D eigenvalue weighted by Gasteiger charge is -2.29. The summed E-state index contributed by atoms with van der Waals surface area (Å²) in [5.74, 6) is 1.50. The predicted molar refractivity (Wildman–Crippen MR) is 124 cm³/mol. The Balaban J connectivity index is 1.25. The zero-order valence-corrected chi connectivity index (χ0v) is 19.4. The number of benzene rings is 2. The van der Waals surface area contributed by atoms with Crippen molar-refractivity contribution in [2.45, 2.75) is 32.3 Å². The molecular formula is C24H32N2O5S. The Labute approximate surface area is 190 Å². The van der Waals surface area contributed by atoms with Crippen molar-refractivity contribution in [3.63, 3.8) is 0 Å². The molecule has 2 aromatic carbocycles. The molecule has 1 heterocycles. The van der Waals surface area contributed by atoms with Gasteiger partial charge in [-0.05, 0) is 55.5 Å². The van der Waals surface area contributed by atoms with Gasteiger partial charge in [0.05, 0.1) is 12.9 Å². The number of rotatable bonds is 11. The van der Waals surface area contributed by atoms with Crippen LogP contribution in [-0.2, 0) is 21.4 Å². The fraction of sp³-hybridized carbons (Fsp3) is 0.458. The van der Waals surface area contributed by atoms with E-state index in [1.807, 2.05) is 54.6 Å². The van der Waals surface area contributed by atoms with Crippen LogP contribution in [0.2, 0.25) is 0 Å². The standard InChI is InChI=1S/C24H32N2O5S/c1-32(28,29)26-16-13-21(14-17-26)24(27)25-15-5-6-18-30-22-9-11-23(12-10-22)31-19-20-7-3-2-4-8-20/h2-4,7-12,21H,5-6,13-19H2,1H3,(H,25,27). The molecule has 0 radical (unpaired) electrons. The van der Waals surface area contributed by atoms with Crippen LogP contribution in [0.15, 0.2) is 54.6 Å². The van der Waals surface area contributed by atoms with E-state index in [1.165, 1.54) is 10.6 Å². The molecule has 0 aliphatic carbocycles. The lowest BCUT2D eigenvalue weighted by molar-refractivity contribution is -0.126. The van der Waals surface area contributed by atoms with Gasteiger partial charge in [-0.25, -0.2) is 12.7 Å². The second kappa shape index (κ2) is 11.9. The number of hydrogen-bond donors (Lipinski definition) is 1. The molecule has 1 N–H and O–H groups in total. The Kier molecular flexibility index (Phi) is 8.93. The van der Waals surface area contributed by atoms with Crippen LogP contribution >= 0.6 is 0 Å². The van der Waals surface area contributed by atoms with Crippen LogP contribution in [-0.4, -0.2) is 51.1 Å². The molecule has 1 fully saturated rings. The van der Waals surface area contributed by atoms with Gasteiger partial charge in [-0.1, -0.05) is 30.3 Å². The minimum Gasteiger partial charge on any atom is -0.494 e. The molecule has 32 heavy (non-hydrogen) atoms. The van der Waals surface area contributed by atoms with E-state index in [-0.39, 0.29) is 11.8 Å². The average molecular weight is 461 g/mol. The van der Waals surface area contributed by atoms with E-state index in [9.17, 15) is 13.2 Å². The van der Waals surface area contributed by atoms with Crippen molar-refractivity contribution in [2.24, 2.45) is 5.92 Å². The maximum absolute atomic E-state index is 12.3. The molecule has 0 spiro atoms. The number of ether oxygens (including phenoxy) is 2. The molecule has 0 unspecified atom stereocenters. The molecule has 1 aliphatic rings. The molecule has 0 bridgehead atoms. The van der Waals surface area contributed by atoms with Crippen molar-refractivity contribution in [2.75, 3.05) is 32.5 Å². The molecule has 1 saturated heterocycles. The van der Waals surface area contributed by atoms with Crippen LogP contribution in [0.3, 0.4) is 0 Å². The fourth-order valence-corrected chi connectivity index (χ4v) is 4.47. The van der Waals surface area contributed by atoms with E-state index in [0.717, 1.165) is 29.9 Å². The second-order valence-electron chi connectivity index (χ2n) is 8.03. The number of amides is 1. The average Bonchev–Trinajstić information content (AvgIpc) is 2.81. The highest BCUT2D eigenvalue weighted by atomic mass is 32.2. The van der Waals surface area contributed by atoms with Crippen LogP contribution in [0.5, 0.6) is 11.5 Å². The summed E-state index contributed by atoms with van der Waals surface area (Å²) in [7, 11) is -3.16. The van der Waals surface area contributed by atoms with Gasteiger partial charge in [0.25, 0.3) is 0 Å². The molecular weight excluding hydrogens is 428 g/mol. The number of unbranched alkanes of at least 4 members (excludes halogenated alkanes) is 1. The molecule has 2 aromatic rings. The molecule has 0 saturated carbocycles. The molecule has 1 amide bonds. The molecule has 1 aliphatic heterocycles. The molecule has 0 atom stereocenters. The van der Waals surface area contributed by atoms with Crippen molar-refractivity contribution < 1.29 is 22.7 Å². The first kappa shape index (κ1) is 24.1. The smallest absolute Gasteiger partial charge is 0.223 e. The monoisotopic (exact) mass is 460 g/mol. The summed E-state index contributed by atoms with van der Waals surface area (Å²) in [5, 5.41) is 2.96. The number of hydrogen-bond acceptors (Lipinski definition) is 5. The minimum absolute atomic E-state index is 0.0187. The van der Waals surface area contributed by atoms with E-state index in [4.69, 9.17) is 9.47 Å². The summed E-state index contributed by atoms with van der Waals surface area (Å²) in [4.78, 5) is 12.3. The van der Waals surface area contributed by atoms with Crippen molar-refractivity contribution in [3.05, 3.63) is 60.2 Å². The third-order valence-electron chi connectivity index (χ3n) is 5.50. The highest BCUT2D eigenvalue weighted by Gasteiger charge is 2.28. The van der Waals surface area contributed by atoms with E-state index in [1.54, 1.807) is 0 Å². The first-order chi connectivity index (χ1) is 15.4. The number of carbonyl (C=O) groups excluding carboxylic acids is 1.